The van der Waals surface area contributed by atoms with Crippen LogP contribution in [0, 0.1) is 0 Å². The third-order valence-corrected chi connectivity index (χ3v) is 4.00. The van der Waals surface area contributed by atoms with E-state index in [0.717, 1.165) is 44.5 Å². The lowest BCUT2D eigenvalue weighted by Gasteiger charge is -2.22. The molecule has 1 unspecified atom stereocenters. The number of benzene rings is 1. The Labute approximate surface area is 145 Å². The van der Waals surface area contributed by atoms with Gasteiger partial charge in [-0.25, -0.2) is 14.6 Å². The van der Waals surface area contributed by atoms with E-state index in [1.54, 1.807) is 12.7 Å². The van der Waals surface area contributed by atoms with Crippen LogP contribution in [0.2, 0.25) is 0 Å². The van der Waals surface area contributed by atoms with Crippen LogP contribution in [0.5, 0.6) is 0 Å². The summed E-state index contributed by atoms with van der Waals surface area (Å²) in [6.07, 6.45) is 5.20. The van der Waals surface area contributed by atoms with E-state index < -0.39 is 5.97 Å². The van der Waals surface area contributed by atoms with Gasteiger partial charge in [-0.1, -0.05) is 30.3 Å². The number of aliphatic carboxylic acids is 1. The number of hydrogen-bond acceptors (Lipinski definition) is 5. The van der Waals surface area contributed by atoms with E-state index in [-0.39, 0.29) is 0 Å². The number of hydrogen-bond donors (Lipinski definition) is 1. The first-order chi connectivity index (χ1) is 12.1. The molecule has 1 N–H and O–H groups in total. The van der Waals surface area contributed by atoms with E-state index in [1.807, 2.05) is 15.4 Å². The molecule has 1 aliphatic rings. The fourth-order valence-electron chi connectivity index (χ4n) is 2.92. The summed E-state index contributed by atoms with van der Waals surface area (Å²) in [5.41, 5.74) is 1.24. The fraction of sp³-hybridized carbons (Fsp3) is 0.353. The van der Waals surface area contributed by atoms with Gasteiger partial charge in [-0.3, -0.25) is 9.48 Å². The van der Waals surface area contributed by atoms with Gasteiger partial charge in [0.25, 0.3) is 5.97 Å². The van der Waals surface area contributed by atoms with Crippen molar-refractivity contribution in [2.24, 2.45) is 0 Å². The topological polar surface area (TPSA) is 98.7 Å². The van der Waals surface area contributed by atoms with Gasteiger partial charge in [-0.2, -0.15) is 10.2 Å². The molecule has 2 aromatic heterocycles. The van der Waals surface area contributed by atoms with Crippen LogP contribution in [-0.4, -0.2) is 40.6 Å². The summed E-state index contributed by atoms with van der Waals surface area (Å²) in [5.74, 6) is 1.63. The van der Waals surface area contributed by atoms with Crippen molar-refractivity contribution in [1.29, 1.82) is 0 Å². The van der Waals surface area contributed by atoms with E-state index in [4.69, 9.17) is 9.90 Å². The van der Waals surface area contributed by atoms with Crippen molar-refractivity contribution in [3.8, 4) is 0 Å². The average molecular weight is 340 g/mol. The highest BCUT2D eigenvalue weighted by atomic mass is 16.4. The highest BCUT2D eigenvalue weighted by Crippen LogP contribution is 2.26. The Balaban J connectivity index is 0.000000415. The molecule has 0 spiro atoms. The van der Waals surface area contributed by atoms with Crippen molar-refractivity contribution in [3.05, 3.63) is 60.2 Å². The molecular formula is C17H20N6O2. The summed E-state index contributed by atoms with van der Waals surface area (Å²) >= 11 is 0. The Bertz CT molecular complexity index is 823. The minimum atomic E-state index is -0.833. The van der Waals surface area contributed by atoms with E-state index in [1.165, 1.54) is 5.56 Å². The Hall–Kier alpha value is -3.03. The largest absolute Gasteiger partial charge is 0.481 e. The quantitative estimate of drug-likeness (QED) is 0.780. The van der Waals surface area contributed by atoms with Gasteiger partial charge >= 0.3 is 0 Å². The zero-order chi connectivity index (χ0) is 17.6. The van der Waals surface area contributed by atoms with Gasteiger partial charge in [0.15, 0.2) is 0 Å². The molecule has 0 radical (unpaired) electrons. The molecule has 4 rings (SSSR count). The van der Waals surface area contributed by atoms with Gasteiger partial charge in [-0.15, -0.1) is 0 Å². The first kappa shape index (κ1) is 16.8. The molecule has 1 aliphatic heterocycles. The molecule has 0 fully saturated rings. The molecule has 3 aromatic rings. The summed E-state index contributed by atoms with van der Waals surface area (Å²) < 4.78 is 3.99. The predicted octanol–water partition coefficient (Wildman–Crippen LogP) is 1.74. The summed E-state index contributed by atoms with van der Waals surface area (Å²) in [6.45, 7) is 2.75. The molecule has 0 saturated carbocycles. The van der Waals surface area contributed by atoms with Crippen molar-refractivity contribution in [1.82, 2.24) is 29.5 Å². The lowest BCUT2D eigenvalue weighted by atomic mass is 9.97. The summed E-state index contributed by atoms with van der Waals surface area (Å²) in [4.78, 5) is 17.8. The number of aromatic nitrogens is 6. The zero-order valence-corrected chi connectivity index (χ0v) is 14.0. The number of rotatable bonds is 3. The molecule has 25 heavy (non-hydrogen) atoms. The van der Waals surface area contributed by atoms with Gasteiger partial charge in [0.2, 0.25) is 0 Å². The summed E-state index contributed by atoms with van der Waals surface area (Å²) in [5, 5.41) is 16.0. The number of carboxylic acid groups (broad SMARTS) is 1. The average Bonchev–Trinajstić information content (AvgIpc) is 3.23. The van der Waals surface area contributed by atoms with E-state index >= 15 is 0 Å². The molecule has 130 valence electrons. The van der Waals surface area contributed by atoms with Crippen LogP contribution >= 0.6 is 0 Å². The van der Waals surface area contributed by atoms with Crippen molar-refractivity contribution >= 4 is 5.97 Å². The molecule has 1 atom stereocenters. The maximum absolute atomic E-state index is 9.00. The maximum Gasteiger partial charge on any atom is 0.300 e. The molecule has 3 heterocycles. The van der Waals surface area contributed by atoms with Gasteiger partial charge in [0.05, 0.1) is 6.54 Å². The maximum atomic E-state index is 9.00. The highest BCUT2D eigenvalue weighted by molar-refractivity contribution is 5.62. The fourth-order valence-corrected chi connectivity index (χ4v) is 2.92. The number of nitrogens with zero attached hydrogens (tertiary/aromatic N) is 6. The monoisotopic (exact) mass is 340 g/mol. The molecular weight excluding hydrogens is 320 g/mol. The lowest BCUT2D eigenvalue weighted by molar-refractivity contribution is -0.134. The second kappa shape index (κ2) is 7.69. The van der Waals surface area contributed by atoms with Crippen LogP contribution in [0.15, 0.2) is 43.0 Å². The molecule has 0 amide bonds. The van der Waals surface area contributed by atoms with Gasteiger partial charge in [-0.05, 0) is 12.0 Å². The molecule has 8 heteroatoms. The van der Waals surface area contributed by atoms with Crippen molar-refractivity contribution in [2.45, 2.75) is 38.8 Å². The number of carboxylic acids is 1. The minimum absolute atomic E-state index is 0.368. The minimum Gasteiger partial charge on any atom is -0.481 e. The number of fused-ring (bicyclic) bond motifs is 1. The molecule has 8 nitrogen and oxygen atoms in total. The van der Waals surface area contributed by atoms with Crippen molar-refractivity contribution in [3.63, 3.8) is 0 Å². The van der Waals surface area contributed by atoms with Crippen LogP contribution in [0.25, 0.3) is 0 Å². The highest BCUT2D eigenvalue weighted by Gasteiger charge is 2.25. The molecule has 1 aromatic carbocycles. The number of carbonyl (C=O) groups is 1. The van der Waals surface area contributed by atoms with Crippen LogP contribution in [0.4, 0.5) is 0 Å². The van der Waals surface area contributed by atoms with Crippen LogP contribution in [-0.2, 0) is 24.3 Å². The second-order valence-electron chi connectivity index (χ2n) is 5.87. The summed E-state index contributed by atoms with van der Waals surface area (Å²) in [7, 11) is 0. The second-order valence-corrected chi connectivity index (χ2v) is 5.87. The van der Waals surface area contributed by atoms with Crippen LogP contribution in [0.3, 0.4) is 0 Å². The first-order valence-corrected chi connectivity index (χ1v) is 8.11. The van der Waals surface area contributed by atoms with Crippen LogP contribution < -0.4 is 0 Å². The Morgan fingerprint density at radius 2 is 1.92 bits per heavy atom. The molecule has 0 bridgehead atoms. The third kappa shape index (κ3) is 4.28. The van der Waals surface area contributed by atoms with E-state index in [9.17, 15) is 0 Å². The van der Waals surface area contributed by atoms with Gasteiger partial charge in [0, 0.05) is 25.8 Å². The lowest BCUT2D eigenvalue weighted by Crippen LogP contribution is -2.22. The van der Waals surface area contributed by atoms with Crippen LogP contribution in [0.1, 0.15) is 36.5 Å². The van der Waals surface area contributed by atoms with E-state index in [2.05, 4.69) is 44.4 Å². The smallest absolute Gasteiger partial charge is 0.300 e. The van der Waals surface area contributed by atoms with Crippen molar-refractivity contribution in [2.75, 3.05) is 0 Å². The number of aryl methyl sites for hydroxylation is 1. The zero-order valence-electron chi connectivity index (χ0n) is 14.0. The molecule has 0 aliphatic carbocycles. The SMILES string of the molecule is CC(=O)O.c1ccc(Cn2ncnc2C2CCn3ncnc3C2)cc1. The Morgan fingerprint density at radius 1 is 1.20 bits per heavy atom. The van der Waals surface area contributed by atoms with Gasteiger partial charge in [0.1, 0.15) is 24.3 Å². The van der Waals surface area contributed by atoms with Crippen molar-refractivity contribution < 1.29 is 9.90 Å². The molecule has 0 saturated heterocycles. The standard InChI is InChI=1S/C15H16N6.C2H4O2/c1-2-4-12(5-3-1)9-21-15(17-11-19-21)13-6-7-20-14(8-13)16-10-18-20;1-2(3)4/h1-5,10-11,13H,6-9H2;1H3,(H,3,4). The Morgan fingerprint density at radius 3 is 2.68 bits per heavy atom. The Kier molecular flexibility index (Phi) is 5.17. The third-order valence-electron chi connectivity index (χ3n) is 4.00. The normalized spacial score (nSPS) is 15.8. The van der Waals surface area contributed by atoms with Gasteiger partial charge < -0.3 is 5.11 Å². The first-order valence-electron chi connectivity index (χ1n) is 8.11. The summed E-state index contributed by atoms with van der Waals surface area (Å²) in [6, 6.07) is 10.4. The van der Waals surface area contributed by atoms with E-state index in [0.29, 0.717) is 5.92 Å². The predicted molar refractivity (Wildman–Crippen MR) is 90.0 cm³/mol.